The summed E-state index contributed by atoms with van der Waals surface area (Å²) < 4.78 is 5.33. The van der Waals surface area contributed by atoms with Gasteiger partial charge in [0.25, 0.3) is 0 Å². The fourth-order valence-electron chi connectivity index (χ4n) is 2.12. The Bertz CT molecular complexity index is 548. The summed E-state index contributed by atoms with van der Waals surface area (Å²) in [5.74, 6) is 0.950. The Labute approximate surface area is 98.4 Å². The van der Waals surface area contributed by atoms with Crippen molar-refractivity contribution in [2.75, 3.05) is 11.9 Å². The second-order valence-corrected chi connectivity index (χ2v) is 4.37. The van der Waals surface area contributed by atoms with E-state index in [9.17, 15) is 0 Å². The highest BCUT2D eigenvalue weighted by atomic mass is 35.5. The van der Waals surface area contributed by atoms with Gasteiger partial charge in [-0.05, 0) is 19.1 Å². The minimum atomic E-state index is 0.740. The van der Waals surface area contributed by atoms with Crippen LogP contribution in [-0.2, 0) is 6.42 Å². The minimum Gasteiger partial charge on any atom is -0.384 e. The third-order valence-corrected chi connectivity index (χ3v) is 3.09. The summed E-state index contributed by atoms with van der Waals surface area (Å²) >= 11 is 5.99. The average Bonchev–Trinajstić information content (AvgIpc) is 2.53. The lowest BCUT2D eigenvalue weighted by molar-refractivity contribution is 0.382. The molecule has 4 heteroatoms. The molecular formula is C12H11ClN2O. The van der Waals surface area contributed by atoms with Crippen molar-refractivity contribution in [1.82, 2.24) is 5.16 Å². The number of nitrogens with zero attached hydrogens (tertiary/aromatic N) is 1. The molecule has 0 spiro atoms. The Morgan fingerprint density at radius 3 is 3.19 bits per heavy atom. The SMILES string of the molecule is Cc1noc2c1-c1ccc(Cl)cc1NCC2. The average molecular weight is 235 g/mol. The van der Waals surface area contributed by atoms with Gasteiger partial charge in [-0.3, -0.25) is 0 Å². The number of hydrogen-bond acceptors (Lipinski definition) is 3. The Morgan fingerprint density at radius 1 is 1.44 bits per heavy atom. The van der Waals surface area contributed by atoms with Gasteiger partial charge in [-0.25, -0.2) is 0 Å². The Kier molecular flexibility index (Phi) is 2.14. The number of hydrogen-bond donors (Lipinski definition) is 1. The number of anilines is 1. The summed E-state index contributed by atoms with van der Waals surface area (Å²) in [6, 6.07) is 5.85. The van der Waals surface area contributed by atoms with Crippen molar-refractivity contribution in [1.29, 1.82) is 0 Å². The molecule has 2 heterocycles. The molecular weight excluding hydrogens is 224 g/mol. The summed E-state index contributed by atoms with van der Waals surface area (Å²) in [6.07, 6.45) is 0.850. The van der Waals surface area contributed by atoms with Crippen LogP contribution in [-0.4, -0.2) is 11.7 Å². The zero-order chi connectivity index (χ0) is 11.1. The summed E-state index contributed by atoms with van der Waals surface area (Å²) in [5.41, 5.74) is 4.21. The maximum absolute atomic E-state index is 5.99. The van der Waals surface area contributed by atoms with E-state index in [1.807, 2.05) is 25.1 Å². The normalized spacial score (nSPS) is 13.6. The van der Waals surface area contributed by atoms with Crippen LogP contribution < -0.4 is 5.32 Å². The zero-order valence-electron chi connectivity index (χ0n) is 8.88. The van der Waals surface area contributed by atoms with Crippen LogP contribution in [0.5, 0.6) is 0 Å². The van der Waals surface area contributed by atoms with Crippen molar-refractivity contribution >= 4 is 17.3 Å². The van der Waals surface area contributed by atoms with Crippen LogP contribution in [0.2, 0.25) is 5.02 Å². The van der Waals surface area contributed by atoms with Crippen molar-refractivity contribution in [2.24, 2.45) is 0 Å². The topological polar surface area (TPSA) is 38.1 Å². The number of fused-ring (bicyclic) bond motifs is 3. The van der Waals surface area contributed by atoms with Gasteiger partial charge in [-0.2, -0.15) is 0 Å². The largest absolute Gasteiger partial charge is 0.384 e. The molecule has 0 saturated heterocycles. The second kappa shape index (κ2) is 3.52. The van der Waals surface area contributed by atoms with E-state index in [1.165, 1.54) is 0 Å². The molecule has 1 N–H and O–H groups in total. The number of nitrogens with one attached hydrogen (secondary N) is 1. The number of rotatable bonds is 0. The highest BCUT2D eigenvalue weighted by Crippen LogP contribution is 2.36. The van der Waals surface area contributed by atoms with E-state index >= 15 is 0 Å². The number of halogens is 1. The van der Waals surface area contributed by atoms with Crippen LogP contribution in [0.4, 0.5) is 5.69 Å². The molecule has 0 unspecified atom stereocenters. The number of aromatic nitrogens is 1. The molecule has 0 bridgehead atoms. The summed E-state index contributed by atoms with van der Waals surface area (Å²) in [6.45, 7) is 2.81. The van der Waals surface area contributed by atoms with Crippen molar-refractivity contribution in [3.8, 4) is 11.1 Å². The first-order valence-corrected chi connectivity index (χ1v) is 5.62. The first-order chi connectivity index (χ1) is 7.75. The zero-order valence-corrected chi connectivity index (χ0v) is 9.64. The van der Waals surface area contributed by atoms with Crippen molar-refractivity contribution in [3.63, 3.8) is 0 Å². The smallest absolute Gasteiger partial charge is 0.146 e. The van der Waals surface area contributed by atoms with Gasteiger partial charge in [0.1, 0.15) is 5.76 Å². The minimum absolute atomic E-state index is 0.740. The van der Waals surface area contributed by atoms with E-state index in [4.69, 9.17) is 16.1 Å². The van der Waals surface area contributed by atoms with Crippen molar-refractivity contribution in [2.45, 2.75) is 13.3 Å². The molecule has 3 rings (SSSR count). The molecule has 16 heavy (non-hydrogen) atoms. The molecule has 2 aromatic rings. The van der Waals surface area contributed by atoms with Crippen molar-refractivity contribution < 1.29 is 4.52 Å². The highest BCUT2D eigenvalue weighted by Gasteiger charge is 2.20. The Morgan fingerprint density at radius 2 is 2.31 bits per heavy atom. The van der Waals surface area contributed by atoms with Gasteiger partial charge in [0, 0.05) is 34.8 Å². The van der Waals surface area contributed by atoms with E-state index in [-0.39, 0.29) is 0 Å². The lowest BCUT2D eigenvalue weighted by Gasteiger charge is -2.07. The van der Waals surface area contributed by atoms with E-state index < -0.39 is 0 Å². The second-order valence-electron chi connectivity index (χ2n) is 3.93. The van der Waals surface area contributed by atoms with E-state index in [2.05, 4.69) is 10.5 Å². The monoisotopic (exact) mass is 234 g/mol. The van der Waals surface area contributed by atoms with E-state index in [1.54, 1.807) is 0 Å². The fourth-order valence-corrected chi connectivity index (χ4v) is 2.30. The van der Waals surface area contributed by atoms with Gasteiger partial charge in [0.2, 0.25) is 0 Å². The third kappa shape index (κ3) is 1.39. The first kappa shape index (κ1) is 9.73. The predicted octanol–water partition coefficient (Wildman–Crippen LogP) is 3.27. The van der Waals surface area contributed by atoms with E-state index in [0.29, 0.717) is 0 Å². The Hall–Kier alpha value is -1.48. The summed E-state index contributed by atoms with van der Waals surface area (Å²) in [5, 5.41) is 8.12. The lowest BCUT2D eigenvalue weighted by Crippen LogP contribution is -2.01. The fraction of sp³-hybridized carbons (Fsp3) is 0.250. The Balaban J connectivity index is 2.28. The molecule has 0 fully saturated rings. The summed E-state index contributed by atoms with van der Waals surface area (Å²) in [4.78, 5) is 0. The van der Waals surface area contributed by atoms with Gasteiger partial charge in [-0.15, -0.1) is 0 Å². The number of aryl methyl sites for hydroxylation is 1. The maximum atomic E-state index is 5.99. The maximum Gasteiger partial charge on any atom is 0.146 e. The molecule has 3 nitrogen and oxygen atoms in total. The van der Waals surface area contributed by atoms with Gasteiger partial charge < -0.3 is 9.84 Å². The molecule has 0 radical (unpaired) electrons. The van der Waals surface area contributed by atoms with Gasteiger partial charge in [0.15, 0.2) is 0 Å². The lowest BCUT2D eigenvalue weighted by atomic mass is 10.0. The molecule has 0 amide bonds. The van der Waals surface area contributed by atoms with Crippen LogP contribution in [0.15, 0.2) is 22.7 Å². The third-order valence-electron chi connectivity index (χ3n) is 2.85. The molecule has 1 aliphatic rings. The standard InChI is InChI=1S/C12H11ClN2O/c1-7-12-9-3-2-8(13)6-10(9)14-5-4-11(12)16-15-7/h2-3,6,14H,4-5H2,1H3. The quantitative estimate of drug-likeness (QED) is 0.760. The highest BCUT2D eigenvalue weighted by molar-refractivity contribution is 6.31. The number of benzene rings is 1. The van der Waals surface area contributed by atoms with Gasteiger partial charge in [0.05, 0.1) is 5.69 Å². The molecule has 0 atom stereocenters. The molecule has 1 aromatic carbocycles. The van der Waals surface area contributed by atoms with Crippen LogP contribution in [0, 0.1) is 6.92 Å². The molecule has 1 aliphatic heterocycles. The molecule has 82 valence electrons. The molecule has 1 aromatic heterocycles. The first-order valence-electron chi connectivity index (χ1n) is 5.24. The molecule has 0 aliphatic carbocycles. The van der Waals surface area contributed by atoms with Crippen LogP contribution in [0.3, 0.4) is 0 Å². The van der Waals surface area contributed by atoms with Crippen LogP contribution in [0.1, 0.15) is 11.5 Å². The van der Waals surface area contributed by atoms with Gasteiger partial charge in [-0.1, -0.05) is 22.8 Å². The van der Waals surface area contributed by atoms with Gasteiger partial charge >= 0.3 is 0 Å². The van der Waals surface area contributed by atoms with Crippen LogP contribution >= 0.6 is 11.6 Å². The predicted molar refractivity (Wildman–Crippen MR) is 63.9 cm³/mol. The summed E-state index contributed by atoms with van der Waals surface area (Å²) in [7, 11) is 0. The van der Waals surface area contributed by atoms with E-state index in [0.717, 1.165) is 46.3 Å². The molecule has 0 saturated carbocycles. The van der Waals surface area contributed by atoms with Crippen molar-refractivity contribution in [3.05, 3.63) is 34.7 Å². The van der Waals surface area contributed by atoms with Crippen LogP contribution in [0.25, 0.3) is 11.1 Å².